The zero-order valence-electron chi connectivity index (χ0n) is 12.6. The number of rotatable bonds is 7. The van der Waals surface area contributed by atoms with Crippen LogP contribution in [0.5, 0.6) is 0 Å². The van der Waals surface area contributed by atoms with Crippen LogP contribution in [0.25, 0.3) is 0 Å². The number of aliphatic hydroxyl groups excluding tert-OH is 1. The molecule has 1 atom stereocenters. The summed E-state index contributed by atoms with van der Waals surface area (Å²) in [6.45, 7) is 9.79. The van der Waals surface area contributed by atoms with Crippen LogP contribution in [-0.4, -0.2) is 73.9 Å². The van der Waals surface area contributed by atoms with Crippen LogP contribution in [0.4, 0.5) is 0 Å². The first-order chi connectivity index (χ1) is 8.49. The summed E-state index contributed by atoms with van der Waals surface area (Å²) in [5.41, 5.74) is -0.172. The van der Waals surface area contributed by atoms with Gasteiger partial charge in [-0.05, 0) is 59.4 Å². The van der Waals surface area contributed by atoms with E-state index in [1.165, 1.54) is 25.9 Å². The molecular weight excluding hydrogens is 226 g/mol. The molecule has 1 unspecified atom stereocenters. The second kappa shape index (κ2) is 7.43. The molecule has 0 aromatic carbocycles. The summed E-state index contributed by atoms with van der Waals surface area (Å²) in [6.07, 6.45) is 2.61. The van der Waals surface area contributed by atoms with Crippen LogP contribution in [0.2, 0.25) is 0 Å². The molecule has 1 fully saturated rings. The Labute approximate surface area is 112 Å². The fourth-order valence-corrected chi connectivity index (χ4v) is 2.93. The molecule has 0 aromatic heterocycles. The number of hydrogen-bond donors (Lipinski definition) is 2. The number of aliphatic hydroxyl groups is 1. The van der Waals surface area contributed by atoms with E-state index in [-0.39, 0.29) is 12.1 Å². The summed E-state index contributed by atoms with van der Waals surface area (Å²) < 4.78 is 0. The molecule has 0 aromatic rings. The Bertz CT molecular complexity index is 229. The van der Waals surface area contributed by atoms with E-state index in [0.717, 1.165) is 25.6 Å². The zero-order valence-corrected chi connectivity index (χ0v) is 12.6. The molecule has 1 heterocycles. The van der Waals surface area contributed by atoms with Gasteiger partial charge in [0.1, 0.15) is 0 Å². The van der Waals surface area contributed by atoms with Gasteiger partial charge < -0.3 is 20.2 Å². The Hall–Kier alpha value is -0.160. The lowest BCUT2D eigenvalue weighted by Gasteiger charge is -2.36. The van der Waals surface area contributed by atoms with Gasteiger partial charge in [0.2, 0.25) is 0 Å². The van der Waals surface area contributed by atoms with Crippen LogP contribution in [-0.2, 0) is 0 Å². The molecular formula is C14H31N3O. The van der Waals surface area contributed by atoms with Crippen molar-refractivity contribution < 1.29 is 5.11 Å². The van der Waals surface area contributed by atoms with Gasteiger partial charge in [0.25, 0.3) is 0 Å². The molecule has 4 heteroatoms. The number of likely N-dealkylation sites (tertiary alicyclic amines) is 1. The third-order valence-corrected chi connectivity index (χ3v) is 3.98. The number of nitrogens with one attached hydrogen (secondary N) is 1. The summed E-state index contributed by atoms with van der Waals surface area (Å²) in [5, 5.41) is 12.9. The molecule has 0 bridgehead atoms. The van der Waals surface area contributed by atoms with Gasteiger partial charge in [-0.2, -0.15) is 0 Å². The molecule has 0 amide bonds. The molecule has 0 spiro atoms. The molecule has 4 nitrogen and oxygen atoms in total. The van der Waals surface area contributed by atoms with E-state index >= 15 is 0 Å². The van der Waals surface area contributed by atoms with Crippen LogP contribution in [0.15, 0.2) is 0 Å². The Morgan fingerprint density at radius 1 is 1.39 bits per heavy atom. The molecule has 0 radical (unpaired) electrons. The van der Waals surface area contributed by atoms with Crippen molar-refractivity contribution in [2.45, 2.75) is 32.2 Å². The van der Waals surface area contributed by atoms with Crippen LogP contribution in [0.3, 0.4) is 0 Å². The largest absolute Gasteiger partial charge is 0.394 e. The normalized spacial score (nSPS) is 22.3. The Morgan fingerprint density at radius 3 is 2.50 bits per heavy atom. The maximum absolute atomic E-state index is 9.51. The third-order valence-electron chi connectivity index (χ3n) is 3.98. The van der Waals surface area contributed by atoms with Crippen LogP contribution in [0.1, 0.15) is 26.7 Å². The van der Waals surface area contributed by atoms with E-state index in [1.54, 1.807) is 0 Å². The maximum Gasteiger partial charge on any atom is 0.0623 e. The Balaban J connectivity index is 2.33. The lowest BCUT2D eigenvalue weighted by atomic mass is 9.95. The Kier molecular flexibility index (Phi) is 6.57. The van der Waals surface area contributed by atoms with E-state index in [9.17, 15) is 5.11 Å². The van der Waals surface area contributed by atoms with E-state index in [4.69, 9.17) is 0 Å². The standard InChI is InChI=1S/C14H31N3O/c1-5-15-14(2,12-18)11-17(4)10-13-6-8-16(3)9-7-13/h13,15,18H,5-12H2,1-4H3. The summed E-state index contributed by atoms with van der Waals surface area (Å²) in [4.78, 5) is 4.78. The average Bonchev–Trinajstić information content (AvgIpc) is 2.32. The van der Waals surface area contributed by atoms with Crippen molar-refractivity contribution in [3.05, 3.63) is 0 Å². The van der Waals surface area contributed by atoms with Crippen molar-refractivity contribution in [2.75, 3.05) is 53.4 Å². The second-order valence-corrected chi connectivity index (χ2v) is 6.19. The van der Waals surface area contributed by atoms with Crippen molar-refractivity contribution in [3.8, 4) is 0 Å². The molecule has 1 rings (SSSR count). The highest BCUT2D eigenvalue weighted by Gasteiger charge is 2.25. The van der Waals surface area contributed by atoms with Crippen molar-refractivity contribution in [1.29, 1.82) is 0 Å². The molecule has 2 N–H and O–H groups in total. The molecule has 18 heavy (non-hydrogen) atoms. The minimum Gasteiger partial charge on any atom is -0.394 e. The van der Waals surface area contributed by atoms with Gasteiger partial charge in [-0.3, -0.25) is 0 Å². The smallest absolute Gasteiger partial charge is 0.0623 e. The summed E-state index contributed by atoms with van der Waals surface area (Å²) in [6, 6.07) is 0. The highest BCUT2D eigenvalue weighted by Crippen LogP contribution is 2.17. The summed E-state index contributed by atoms with van der Waals surface area (Å²) in [7, 11) is 4.37. The van der Waals surface area contributed by atoms with Crippen molar-refractivity contribution in [2.24, 2.45) is 5.92 Å². The predicted molar refractivity (Wildman–Crippen MR) is 76.9 cm³/mol. The number of likely N-dealkylation sites (N-methyl/N-ethyl adjacent to an activating group) is 2. The lowest BCUT2D eigenvalue weighted by Crippen LogP contribution is -2.54. The first kappa shape index (κ1) is 15.9. The quantitative estimate of drug-likeness (QED) is 0.701. The van der Waals surface area contributed by atoms with Gasteiger partial charge in [-0.25, -0.2) is 0 Å². The first-order valence-electron chi connectivity index (χ1n) is 7.22. The van der Waals surface area contributed by atoms with Gasteiger partial charge in [0.15, 0.2) is 0 Å². The predicted octanol–water partition coefficient (Wildman–Crippen LogP) is 0.621. The number of nitrogens with zero attached hydrogens (tertiary/aromatic N) is 2. The van der Waals surface area contributed by atoms with Crippen molar-refractivity contribution >= 4 is 0 Å². The second-order valence-electron chi connectivity index (χ2n) is 6.19. The highest BCUT2D eigenvalue weighted by molar-refractivity contribution is 4.85. The topological polar surface area (TPSA) is 38.7 Å². The van der Waals surface area contributed by atoms with Crippen LogP contribution in [0, 0.1) is 5.92 Å². The SMILES string of the molecule is CCNC(C)(CO)CN(C)CC1CCN(C)CC1. The summed E-state index contributed by atoms with van der Waals surface area (Å²) >= 11 is 0. The molecule has 108 valence electrons. The van der Waals surface area contributed by atoms with E-state index in [2.05, 4.69) is 43.1 Å². The molecule has 1 saturated heterocycles. The zero-order chi connectivity index (χ0) is 13.6. The van der Waals surface area contributed by atoms with Crippen LogP contribution < -0.4 is 5.32 Å². The molecule has 0 saturated carbocycles. The minimum absolute atomic E-state index is 0.172. The third kappa shape index (κ3) is 5.22. The van der Waals surface area contributed by atoms with Gasteiger partial charge in [-0.15, -0.1) is 0 Å². The first-order valence-corrected chi connectivity index (χ1v) is 7.22. The van der Waals surface area contributed by atoms with E-state index in [1.807, 2.05) is 0 Å². The fourth-order valence-electron chi connectivity index (χ4n) is 2.93. The number of piperidine rings is 1. The highest BCUT2D eigenvalue weighted by atomic mass is 16.3. The van der Waals surface area contributed by atoms with E-state index in [0.29, 0.717) is 0 Å². The molecule has 1 aliphatic rings. The van der Waals surface area contributed by atoms with Gasteiger partial charge in [-0.1, -0.05) is 6.92 Å². The monoisotopic (exact) mass is 257 g/mol. The van der Waals surface area contributed by atoms with Gasteiger partial charge >= 0.3 is 0 Å². The van der Waals surface area contributed by atoms with Crippen molar-refractivity contribution in [1.82, 2.24) is 15.1 Å². The maximum atomic E-state index is 9.51. The van der Waals surface area contributed by atoms with Gasteiger partial charge in [0.05, 0.1) is 12.1 Å². The molecule has 0 aliphatic carbocycles. The summed E-state index contributed by atoms with van der Waals surface area (Å²) in [5.74, 6) is 0.816. The molecule has 1 aliphatic heterocycles. The van der Waals surface area contributed by atoms with Gasteiger partial charge in [0, 0.05) is 13.1 Å². The average molecular weight is 257 g/mol. The minimum atomic E-state index is -0.172. The van der Waals surface area contributed by atoms with E-state index < -0.39 is 0 Å². The fraction of sp³-hybridized carbons (Fsp3) is 1.00. The lowest BCUT2D eigenvalue weighted by molar-refractivity contribution is 0.113. The van der Waals surface area contributed by atoms with Crippen LogP contribution >= 0.6 is 0 Å². The number of hydrogen-bond acceptors (Lipinski definition) is 4. The Morgan fingerprint density at radius 2 is 2.00 bits per heavy atom. The van der Waals surface area contributed by atoms with Crippen molar-refractivity contribution in [3.63, 3.8) is 0 Å².